The van der Waals surface area contributed by atoms with E-state index in [1.54, 1.807) is 6.92 Å². The van der Waals surface area contributed by atoms with Crippen LogP contribution in [0.4, 0.5) is 13.2 Å². The van der Waals surface area contributed by atoms with Gasteiger partial charge in [-0.3, -0.25) is 0 Å². The molecule has 3 nitrogen and oxygen atoms in total. The summed E-state index contributed by atoms with van der Waals surface area (Å²) in [6, 6.07) is 3.58. The van der Waals surface area contributed by atoms with Crippen LogP contribution in [0.15, 0.2) is 18.2 Å². The van der Waals surface area contributed by atoms with Crippen molar-refractivity contribution >= 4 is 5.97 Å². The van der Waals surface area contributed by atoms with Gasteiger partial charge in [-0.2, -0.15) is 13.2 Å². The standard InChI is InChI=1S/C13H13F3O3/c1-2-7-6-9-8(11(19-7)12(17)18)4-3-5-10(9)13(14,15)16/h3-5,7,11H,2,6H2,1H3,(H,17,18). The number of benzene rings is 1. The Morgan fingerprint density at radius 1 is 1.47 bits per heavy atom. The van der Waals surface area contributed by atoms with Gasteiger partial charge in [-0.1, -0.05) is 19.1 Å². The second-order valence-electron chi connectivity index (χ2n) is 4.46. The predicted octanol–water partition coefficient (Wildman–Crippen LogP) is 3.18. The molecule has 104 valence electrons. The Bertz CT molecular complexity index is 496. The number of ether oxygens (including phenoxy) is 1. The van der Waals surface area contributed by atoms with Gasteiger partial charge < -0.3 is 9.84 Å². The molecule has 1 aliphatic heterocycles. The minimum absolute atomic E-state index is 0.0421. The highest BCUT2D eigenvalue weighted by Gasteiger charge is 2.39. The van der Waals surface area contributed by atoms with Crippen LogP contribution in [0.5, 0.6) is 0 Å². The third-order valence-corrected chi connectivity index (χ3v) is 3.24. The summed E-state index contributed by atoms with van der Waals surface area (Å²) in [6.45, 7) is 1.75. The van der Waals surface area contributed by atoms with Crippen molar-refractivity contribution in [3.8, 4) is 0 Å². The van der Waals surface area contributed by atoms with Crippen LogP contribution in [-0.2, 0) is 22.1 Å². The Morgan fingerprint density at radius 3 is 2.68 bits per heavy atom. The number of hydrogen-bond donors (Lipinski definition) is 1. The van der Waals surface area contributed by atoms with Crippen LogP contribution in [0.25, 0.3) is 0 Å². The van der Waals surface area contributed by atoms with Gasteiger partial charge in [-0.15, -0.1) is 0 Å². The van der Waals surface area contributed by atoms with Gasteiger partial charge >= 0.3 is 12.1 Å². The third-order valence-electron chi connectivity index (χ3n) is 3.24. The summed E-state index contributed by atoms with van der Waals surface area (Å²) in [5.41, 5.74) is -0.620. The van der Waals surface area contributed by atoms with E-state index in [4.69, 9.17) is 9.84 Å². The highest BCUT2D eigenvalue weighted by molar-refractivity contribution is 5.75. The van der Waals surface area contributed by atoms with Gasteiger partial charge in [-0.25, -0.2) is 4.79 Å². The number of alkyl halides is 3. The summed E-state index contributed by atoms with van der Waals surface area (Å²) in [5, 5.41) is 9.09. The summed E-state index contributed by atoms with van der Waals surface area (Å²) >= 11 is 0. The van der Waals surface area contributed by atoms with Gasteiger partial charge in [0.05, 0.1) is 11.7 Å². The maximum Gasteiger partial charge on any atom is 0.416 e. The molecule has 6 heteroatoms. The van der Waals surface area contributed by atoms with Crippen molar-refractivity contribution in [2.45, 2.75) is 38.1 Å². The van der Waals surface area contributed by atoms with Crippen molar-refractivity contribution in [2.24, 2.45) is 0 Å². The van der Waals surface area contributed by atoms with Gasteiger partial charge in [0.1, 0.15) is 0 Å². The smallest absolute Gasteiger partial charge is 0.416 e. The van der Waals surface area contributed by atoms with E-state index < -0.39 is 29.9 Å². The molecule has 0 spiro atoms. The number of carboxylic acids is 1. The first kappa shape index (κ1) is 13.9. The van der Waals surface area contributed by atoms with E-state index in [1.165, 1.54) is 12.1 Å². The number of carboxylic acid groups (broad SMARTS) is 1. The molecule has 0 amide bonds. The third kappa shape index (κ3) is 2.58. The molecule has 0 radical (unpaired) electrons. The lowest BCUT2D eigenvalue weighted by atomic mass is 9.89. The summed E-state index contributed by atoms with van der Waals surface area (Å²) < 4.78 is 44.2. The van der Waals surface area contributed by atoms with E-state index in [9.17, 15) is 18.0 Å². The Balaban J connectivity index is 2.56. The SMILES string of the molecule is CCC1Cc2c(cccc2C(F)(F)F)C(C(=O)O)O1. The summed E-state index contributed by atoms with van der Waals surface area (Å²) in [5.74, 6) is -1.27. The van der Waals surface area contributed by atoms with Crippen LogP contribution in [0, 0.1) is 0 Å². The zero-order chi connectivity index (χ0) is 14.2. The maximum absolute atomic E-state index is 12.9. The summed E-state index contributed by atoms with van der Waals surface area (Å²) in [7, 11) is 0. The molecule has 1 N–H and O–H groups in total. The molecule has 0 aliphatic carbocycles. The normalized spacial score (nSPS) is 22.9. The van der Waals surface area contributed by atoms with Crippen molar-refractivity contribution in [2.75, 3.05) is 0 Å². The number of aliphatic carboxylic acids is 1. The number of rotatable bonds is 2. The molecule has 0 saturated carbocycles. The van der Waals surface area contributed by atoms with E-state index in [2.05, 4.69) is 0 Å². The van der Waals surface area contributed by atoms with Gasteiger partial charge in [0, 0.05) is 0 Å². The monoisotopic (exact) mass is 274 g/mol. The zero-order valence-electron chi connectivity index (χ0n) is 10.2. The van der Waals surface area contributed by atoms with Crippen LogP contribution in [0.1, 0.15) is 36.1 Å². The molecule has 1 aliphatic rings. The fourth-order valence-corrected chi connectivity index (χ4v) is 2.32. The van der Waals surface area contributed by atoms with Gasteiger partial charge in [0.2, 0.25) is 0 Å². The second kappa shape index (κ2) is 4.85. The molecule has 2 unspecified atom stereocenters. The lowest BCUT2D eigenvalue weighted by Crippen LogP contribution is -2.31. The number of hydrogen-bond acceptors (Lipinski definition) is 2. The minimum atomic E-state index is -4.48. The minimum Gasteiger partial charge on any atom is -0.479 e. The topological polar surface area (TPSA) is 46.5 Å². The Hall–Kier alpha value is -1.56. The van der Waals surface area contributed by atoms with Crippen LogP contribution in [0.2, 0.25) is 0 Å². The van der Waals surface area contributed by atoms with Crippen molar-refractivity contribution in [3.63, 3.8) is 0 Å². The van der Waals surface area contributed by atoms with Crippen molar-refractivity contribution in [3.05, 3.63) is 34.9 Å². The molecular weight excluding hydrogens is 261 g/mol. The molecule has 19 heavy (non-hydrogen) atoms. The number of fused-ring (bicyclic) bond motifs is 1. The fourth-order valence-electron chi connectivity index (χ4n) is 2.32. The van der Waals surface area contributed by atoms with Crippen molar-refractivity contribution in [1.29, 1.82) is 0 Å². The molecule has 2 atom stereocenters. The van der Waals surface area contributed by atoms with E-state index in [-0.39, 0.29) is 17.5 Å². The molecule has 0 aromatic heterocycles. The quantitative estimate of drug-likeness (QED) is 0.901. The van der Waals surface area contributed by atoms with E-state index >= 15 is 0 Å². The zero-order valence-corrected chi connectivity index (χ0v) is 10.2. The number of halogens is 3. The molecule has 0 fully saturated rings. The second-order valence-corrected chi connectivity index (χ2v) is 4.46. The van der Waals surface area contributed by atoms with Crippen LogP contribution in [0.3, 0.4) is 0 Å². The van der Waals surface area contributed by atoms with Gasteiger partial charge in [0.25, 0.3) is 0 Å². The first-order chi connectivity index (χ1) is 8.84. The fraction of sp³-hybridized carbons (Fsp3) is 0.462. The first-order valence-corrected chi connectivity index (χ1v) is 5.91. The molecule has 1 heterocycles. The highest BCUT2D eigenvalue weighted by atomic mass is 19.4. The van der Waals surface area contributed by atoms with E-state index in [1.807, 2.05) is 0 Å². The molecule has 0 bridgehead atoms. The molecule has 2 rings (SSSR count). The molecule has 0 saturated heterocycles. The largest absolute Gasteiger partial charge is 0.479 e. The van der Waals surface area contributed by atoms with Crippen molar-refractivity contribution < 1.29 is 27.8 Å². The molecule has 1 aromatic rings. The van der Waals surface area contributed by atoms with Crippen LogP contribution in [-0.4, -0.2) is 17.2 Å². The van der Waals surface area contributed by atoms with Gasteiger partial charge in [-0.05, 0) is 30.0 Å². The predicted molar refractivity (Wildman–Crippen MR) is 60.7 cm³/mol. The Kier molecular flexibility index (Phi) is 3.54. The Morgan fingerprint density at radius 2 is 2.16 bits per heavy atom. The lowest BCUT2D eigenvalue weighted by Gasteiger charge is -2.31. The van der Waals surface area contributed by atoms with Crippen LogP contribution < -0.4 is 0 Å². The van der Waals surface area contributed by atoms with E-state index in [0.29, 0.717) is 6.42 Å². The van der Waals surface area contributed by atoms with Crippen LogP contribution >= 0.6 is 0 Å². The first-order valence-electron chi connectivity index (χ1n) is 5.91. The number of carbonyl (C=O) groups is 1. The summed E-state index contributed by atoms with van der Waals surface area (Å²) in [6.07, 6.45) is -5.75. The maximum atomic E-state index is 12.9. The Labute approximate surface area is 108 Å². The average Bonchev–Trinajstić information content (AvgIpc) is 2.35. The van der Waals surface area contributed by atoms with Crippen molar-refractivity contribution in [1.82, 2.24) is 0 Å². The lowest BCUT2D eigenvalue weighted by molar-refractivity contribution is -0.158. The average molecular weight is 274 g/mol. The molecule has 1 aromatic carbocycles. The summed E-state index contributed by atoms with van der Waals surface area (Å²) in [4.78, 5) is 11.1. The molecular formula is C13H13F3O3. The van der Waals surface area contributed by atoms with E-state index in [0.717, 1.165) is 6.07 Å². The van der Waals surface area contributed by atoms with Gasteiger partial charge in [0.15, 0.2) is 6.10 Å². The highest BCUT2D eigenvalue weighted by Crippen LogP contribution is 2.40.